The van der Waals surface area contributed by atoms with Crippen molar-refractivity contribution in [3.63, 3.8) is 0 Å². The lowest BCUT2D eigenvalue weighted by Crippen LogP contribution is -2.51. The van der Waals surface area contributed by atoms with Gasteiger partial charge in [-0.3, -0.25) is 0 Å². The van der Waals surface area contributed by atoms with Gasteiger partial charge in [0.1, 0.15) is 0 Å². The summed E-state index contributed by atoms with van der Waals surface area (Å²) in [6.07, 6.45) is 8.38. The monoisotopic (exact) mass is 271 g/mol. The minimum atomic E-state index is 0.216. The van der Waals surface area contributed by atoms with Crippen molar-refractivity contribution in [2.45, 2.75) is 57.3 Å². The molecule has 0 radical (unpaired) electrons. The van der Waals surface area contributed by atoms with E-state index in [2.05, 4.69) is 24.3 Å². The van der Waals surface area contributed by atoms with Crippen molar-refractivity contribution in [3.05, 3.63) is 35.4 Å². The van der Waals surface area contributed by atoms with Crippen LogP contribution in [0.2, 0.25) is 0 Å². The second-order valence-electron chi connectivity index (χ2n) is 7.41. The summed E-state index contributed by atoms with van der Waals surface area (Å²) in [6.45, 7) is 1.38. The summed E-state index contributed by atoms with van der Waals surface area (Å²) in [7, 11) is 0. The predicted molar refractivity (Wildman–Crippen MR) is 80.0 cm³/mol. The van der Waals surface area contributed by atoms with Crippen molar-refractivity contribution in [2.24, 2.45) is 23.5 Å². The SMILES string of the molecule is NCc1cccc(COC23CC4CC(CC(C4)C2)C3)c1. The molecule has 2 heteroatoms. The van der Waals surface area contributed by atoms with Crippen molar-refractivity contribution in [1.82, 2.24) is 0 Å². The normalized spacial score (nSPS) is 38.4. The Balaban J connectivity index is 1.46. The molecule has 0 saturated heterocycles. The Hall–Kier alpha value is -0.860. The third-order valence-electron chi connectivity index (χ3n) is 5.75. The molecule has 0 amide bonds. The van der Waals surface area contributed by atoms with Crippen LogP contribution in [0.5, 0.6) is 0 Å². The van der Waals surface area contributed by atoms with E-state index in [0.29, 0.717) is 6.54 Å². The first-order chi connectivity index (χ1) is 9.75. The van der Waals surface area contributed by atoms with Crippen molar-refractivity contribution < 1.29 is 4.74 Å². The summed E-state index contributed by atoms with van der Waals surface area (Å²) in [5.41, 5.74) is 8.42. The summed E-state index contributed by atoms with van der Waals surface area (Å²) >= 11 is 0. The van der Waals surface area contributed by atoms with E-state index in [4.69, 9.17) is 10.5 Å². The highest BCUT2D eigenvalue weighted by atomic mass is 16.5. The number of nitrogens with two attached hydrogens (primary N) is 1. The van der Waals surface area contributed by atoms with E-state index >= 15 is 0 Å². The van der Waals surface area contributed by atoms with E-state index in [1.807, 2.05) is 0 Å². The Morgan fingerprint density at radius 1 is 1.00 bits per heavy atom. The third-order valence-corrected chi connectivity index (χ3v) is 5.75. The van der Waals surface area contributed by atoms with Crippen LogP contribution < -0.4 is 5.73 Å². The Bertz CT molecular complexity index is 461. The van der Waals surface area contributed by atoms with Gasteiger partial charge < -0.3 is 10.5 Å². The highest BCUT2D eigenvalue weighted by Gasteiger charge is 2.51. The summed E-state index contributed by atoms with van der Waals surface area (Å²) in [4.78, 5) is 0. The predicted octanol–water partition coefficient (Wildman–Crippen LogP) is 3.63. The van der Waals surface area contributed by atoms with Gasteiger partial charge in [-0.25, -0.2) is 0 Å². The number of rotatable bonds is 4. The third kappa shape index (κ3) is 2.29. The highest BCUT2D eigenvalue weighted by molar-refractivity contribution is 5.22. The molecule has 4 fully saturated rings. The van der Waals surface area contributed by atoms with Gasteiger partial charge in [0.05, 0.1) is 12.2 Å². The lowest BCUT2D eigenvalue weighted by molar-refractivity contribution is -0.168. The molecule has 0 aliphatic heterocycles. The molecule has 108 valence electrons. The fraction of sp³-hybridized carbons (Fsp3) is 0.667. The Kier molecular flexibility index (Phi) is 3.12. The van der Waals surface area contributed by atoms with Gasteiger partial charge in [-0.05, 0) is 67.4 Å². The minimum absolute atomic E-state index is 0.216. The Labute approximate surface area is 121 Å². The van der Waals surface area contributed by atoms with Crippen LogP contribution in [0.4, 0.5) is 0 Å². The highest BCUT2D eigenvalue weighted by Crippen LogP contribution is 2.57. The number of hydrogen-bond acceptors (Lipinski definition) is 2. The topological polar surface area (TPSA) is 35.2 Å². The molecule has 0 aromatic heterocycles. The van der Waals surface area contributed by atoms with Crippen molar-refractivity contribution in [1.29, 1.82) is 0 Å². The molecule has 5 rings (SSSR count). The van der Waals surface area contributed by atoms with Gasteiger partial charge >= 0.3 is 0 Å². The minimum Gasteiger partial charge on any atom is -0.370 e. The average molecular weight is 271 g/mol. The van der Waals surface area contributed by atoms with Crippen LogP contribution in [0.3, 0.4) is 0 Å². The fourth-order valence-corrected chi connectivity index (χ4v) is 5.29. The molecule has 0 atom stereocenters. The second kappa shape index (κ2) is 4.85. The molecule has 4 bridgehead atoms. The van der Waals surface area contributed by atoms with E-state index in [0.717, 1.165) is 24.4 Å². The largest absolute Gasteiger partial charge is 0.370 e. The zero-order valence-corrected chi connectivity index (χ0v) is 12.2. The first-order valence-corrected chi connectivity index (χ1v) is 8.16. The Morgan fingerprint density at radius 2 is 1.60 bits per heavy atom. The molecule has 1 aromatic rings. The molecule has 2 nitrogen and oxygen atoms in total. The summed E-state index contributed by atoms with van der Waals surface area (Å²) in [6, 6.07) is 8.55. The molecular formula is C18H25NO. The van der Waals surface area contributed by atoms with Crippen LogP contribution in [0.25, 0.3) is 0 Å². The molecule has 0 heterocycles. The fourth-order valence-electron chi connectivity index (χ4n) is 5.29. The van der Waals surface area contributed by atoms with Gasteiger partial charge in [0.2, 0.25) is 0 Å². The van der Waals surface area contributed by atoms with Crippen molar-refractivity contribution in [2.75, 3.05) is 0 Å². The number of hydrogen-bond donors (Lipinski definition) is 1. The lowest BCUT2D eigenvalue weighted by Gasteiger charge is -2.56. The number of benzene rings is 1. The molecule has 4 saturated carbocycles. The van der Waals surface area contributed by atoms with Gasteiger partial charge in [-0.1, -0.05) is 24.3 Å². The lowest BCUT2D eigenvalue weighted by atomic mass is 9.54. The van der Waals surface area contributed by atoms with Gasteiger partial charge in [0.15, 0.2) is 0 Å². The van der Waals surface area contributed by atoms with Gasteiger partial charge in [0.25, 0.3) is 0 Å². The summed E-state index contributed by atoms with van der Waals surface area (Å²) in [5, 5.41) is 0. The maximum absolute atomic E-state index is 6.49. The van der Waals surface area contributed by atoms with E-state index < -0.39 is 0 Å². The van der Waals surface area contributed by atoms with Crippen LogP contribution in [-0.2, 0) is 17.9 Å². The molecule has 4 aliphatic carbocycles. The van der Waals surface area contributed by atoms with Crippen LogP contribution >= 0.6 is 0 Å². The van der Waals surface area contributed by atoms with Crippen molar-refractivity contribution in [3.8, 4) is 0 Å². The molecule has 4 aliphatic rings. The first kappa shape index (κ1) is 12.8. The summed E-state index contributed by atoms with van der Waals surface area (Å²) in [5.74, 6) is 2.87. The van der Waals surface area contributed by atoms with Crippen LogP contribution in [-0.4, -0.2) is 5.60 Å². The zero-order valence-electron chi connectivity index (χ0n) is 12.2. The molecule has 1 aromatic carbocycles. The molecular weight excluding hydrogens is 246 g/mol. The van der Waals surface area contributed by atoms with E-state index in [1.54, 1.807) is 0 Å². The average Bonchev–Trinajstić information content (AvgIpc) is 2.44. The smallest absolute Gasteiger partial charge is 0.0724 e. The maximum atomic E-state index is 6.49. The zero-order chi connectivity index (χ0) is 13.6. The molecule has 0 spiro atoms. The van der Waals surface area contributed by atoms with E-state index in [-0.39, 0.29) is 5.60 Å². The van der Waals surface area contributed by atoms with Crippen LogP contribution in [0, 0.1) is 17.8 Å². The van der Waals surface area contributed by atoms with Crippen LogP contribution in [0.15, 0.2) is 24.3 Å². The van der Waals surface area contributed by atoms with E-state index in [1.165, 1.54) is 49.7 Å². The quantitative estimate of drug-likeness (QED) is 0.907. The van der Waals surface area contributed by atoms with Gasteiger partial charge in [-0.15, -0.1) is 0 Å². The molecule has 0 unspecified atom stereocenters. The van der Waals surface area contributed by atoms with Gasteiger partial charge in [0, 0.05) is 6.54 Å². The first-order valence-electron chi connectivity index (χ1n) is 8.16. The van der Waals surface area contributed by atoms with Crippen LogP contribution in [0.1, 0.15) is 49.7 Å². The standard InChI is InChI=1S/C18H25NO/c19-11-13-2-1-3-14(4-13)12-20-18-8-15-5-16(9-18)7-17(6-15)10-18/h1-4,15-17H,5-12,19H2. The second-order valence-corrected chi connectivity index (χ2v) is 7.41. The van der Waals surface area contributed by atoms with Crippen molar-refractivity contribution >= 4 is 0 Å². The molecule has 20 heavy (non-hydrogen) atoms. The molecule has 2 N–H and O–H groups in total. The van der Waals surface area contributed by atoms with E-state index in [9.17, 15) is 0 Å². The maximum Gasteiger partial charge on any atom is 0.0724 e. The summed E-state index contributed by atoms with van der Waals surface area (Å²) < 4.78 is 6.49. The number of ether oxygens (including phenoxy) is 1. The van der Waals surface area contributed by atoms with Gasteiger partial charge in [-0.2, -0.15) is 0 Å². The Morgan fingerprint density at radius 3 is 2.20 bits per heavy atom.